The van der Waals surface area contributed by atoms with Gasteiger partial charge >= 0.3 is 0 Å². The molecule has 2 heterocycles. The van der Waals surface area contributed by atoms with Crippen molar-refractivity contribution < 1.29 is 4.79 Å². The van der Waals surface area contributed by atoms with Crippen LogP contribution >= 0.6 is 15.9 Å². The van der Waals surface area contributed by atoms with E-state index in [-0.39, 0.29) is 5.91 Å². The molecule has 0 bridgehead atoms. The van der Waals surface area contributed by atoms with Gasteiger partial charge in [-0.15, -0.1) is 0 Å². The molecule has 1 aliphatic rings. The fourth-order valence-electron chi connectivity index (χ4n) is 4.20. The third kappa shape index (κ3) is 5.18. The monoisotopic (exact) mass is 492 g/mol. The van der Waals surface area contributed by atoms with Crippen LogP contribution < -0.4 is 4.90 Å². The van der Waals surface area contributed by atoms with Crippen LogP contribution in [0.25, 0.3) is 0 Å². The third-order valence-electron chi connectivity index (χ3n) is 5.98. The van der Waals surface area contributed by atoms with Crippen molar-refractivity contribution >= 4 is 27.7 Å². The molecule has 0 saturated carbocycles. The molecule has 1 saturated heterocycles. The Bertz CT molecular complexity index is 1100. The summed E-state index contributed by atoms with van der Waals surface area (Å²) in [4.78, 5) is 26.8. The Kier molecular flexibility index (Phi) is 6.89. The van der Waals surface area contributed by atoms with Crippen molar-refractivity contribution in [3.63, 3.8) is 0 Å². The second-order valence-electron chi connectivity index (χ2n) is 8.46. The van der Waals surface area contributed by atoms with Crippen LogP contribution in [0, 0.1) is 20.8 Å². The highest BCUT2D eigenvalue weighted by Gasteiger charge is 2.23. The first kappa shape index (κ1) is 22.5. The van der Waals surface area contributed by atoms with Crippen LogP contribution in [0.1, 0.15) is 45.0 Å². The second-order valence-corrected chi connectivity index (χ2v) is 9.38. The van der Waals surface area contributed by atoms with Crippen LogP contribution in [0.15, 0.2) is 53.0 Å². The van der Waals surface area contributed by atoms with E-state index < -0.39 is 0 Å². The van der Waals surface area contributed by atoms with Crippen molar-refractivity contribution in [1.82, 2.24) is 14.9 Å². The van der Waals surface area contributed by atoms with E-state index in [4.69, 9.17) is 4.98 Å². The van der Waals surface area contributed by atoms with E-state index >= 15 is 0 Å². The molecule has 32 heavy (non-hydrogen) atoms. The van der Waals surface area contributed by atoms with Gasteiger partial charge in [0.15, 0.2) is 0 Å². The van der Waals surface area contributed by atoms with Crippen molar-refractivity contribution in [1.29, 1.82) is 0 Å². The van der Waals surface area contributed by atoms with E-state index in [0.29, 0.717) is 6.54 Å². The van der Waals surface area contributed by atoms with E-state index in [1.165, 1.54) is 16.7 Å². The van der Waals surface area contributed by atoms with Gasteiger partial charge in [-0.3, -0.25) is 4.79 Å². The zero-order valence-electron chi connectivity index (χ0n) is 18.9. The van der Waals surface area contributed by atoms with Gasteiger partial charge in [0.1, 0.15) is 11.6 Å². The third-order valence-corrected chi connectivity index (χ3v) is 6.51. The first-order valence-corrected chi connectivity index (χ1v) is 11.9. The zero-order valence-corrected chi connectivity index (χ0v) is 20.5. The van der Waals surface area contributed by atoms with Gasteiger partial charge in [0.25, 0.3) is 5.91 Å². The molecule has 0 atom stereocenters. The summed E-state index contributed by atoms with van der Waals surface area (Å²) < 4.78 is 0.978. The molecule has 166 valence electrons. The number of anilines is 1. The van der Waals surface area contributed by atoms with E-state index in [2.05, 4.69) is 63.9 Å². The molecule has 4 rings (SSSR count). The average molecular weight is 493 g/mol. The number of amides is 1. The molecule has 0 spiro atoms. The van der Waals surface area contributed by atoms with E-state index in [9.17, 15) is 4.79 Å². The number of hydrogen-bond donors (Lipinski definition) is 0. The van der Waals surface area contributed by atoms with Crippen molar-refractivity contribution in [2.24, 2.45) is 0 Å². The molecular formula is C26H29BrN4O. The summed E-state index contributed by atoms with van der Waals surface area (Å²) in [7, 11) is 0. The van der Waals surface area contributed by atoms with Crippen LogP contribution in [0.3, 0.4) is 0 Å². The van der Waals surface area contributed by atoms with Gasteiger partial charge in [-0.05, 0) is 57.0 Å². The maximum Gasteiger partial charge on any atom is 0.253 e. The van der Waals surface area contributed by atoms with Crippen molar-refractivity contribution in [2.45, 2.75) is 33.6 Å². The van der Waals surface area contributed by atoms with Gasteiger partial charge in [0.2, 0.25) is 0 Å². The number of nitrogens with zero attached hydrogens (tertiary/aromatic N) is 4. The molecular weight excluding hydrogens is 464 g/mol. The molecule has 1 aliphatic heterocycles. The highest BCUT2D eigenvalue weighted by atomic mass is 79.9. The van der Waals surface area contributed by atoms with Crippen molar-refractivity contribution in [3.05, 3.63) is 86.8 Å². The summed E-state index contributed by atoms with van der Waals surface area (Å²) in [6, 6.07) is 16.3. The fourth-order valence-corrected chi connectivity index (χ4v) is 4.47. The maximum atomic E-state index is 13.0. The molecule has 0 N–H and O–H groups in total. The maximum absolute atomic E-state index is 13.0. The highest BCUT2D eigenvalue weighted by Crippen LogP contribution is 2.25. The van der Waals surface area contributed by atoms with Crippen LogP contribution in [-0.4, -0.2) is 47.0 Å². The number of carbonyl (C=O) groups is 1. The summed E-state index contributed by atoms with van der Waals surface area (Å²) in [6.07, 6.45) is 1.72. The number of aromatic nitrogens is 2. The molecule has 1 amide bonds. The lowest BCUT2D eigenvalue weighted by molar-refractivity contribution is 0.0767. The fraction of sp³-hybridized carbons (Fsp3) is 0.346. The lowest BCUT2D eigenvalue weighted by Crippen LogP contribution is -2.35. The molecule has 0 radical (unpaired) electrons. The number of hydrogen-bond acceptors (Lipinski definition) is 4. The molecule has 3 aromatic rings. The minimum atomic E-state index is 0.0919. The Morgan fingerprint density at radius 2 is 1.62 bits per heavy atom. The van der Waals surface area contributed by atoms with Gasteiger partial charge in [0.05, 0.1) is 0 Å². The standard InChI is InChI=1S/C26H29BrN4O/c1-18-5-7-21(8-6-18)17-24-19(2)28-20(3)29-25(24)30-13-4-14-31(16-15-30)26(32)22-9-11-23(27)12-10-22/h5-12H,4,13-17H2,1-3H3. The molecule has 5 nitrogen and oxygen atoms in total. The lowest BCUT2D eigenvalue weighted by Gasteiger charge is -2.26. The summed E-state index contributed by atoms with van der Waals surface area (Å²) in [6.45, 7) is 9.20. The second kappa shape index (κ2) is 9.82. The number of halogens is 1. The first-order chi connectivity index (χ1) is 15.4. The molecule has 0 unspecified atom stereocenters. The van der Waals surface area contributed by atoms with E-state index in [1.807, 2.05) is 36.1 Å². The average Bonchev–Trinajstić information content (AvgIpc) is 3.03. The van der Waals surface area contributed by atoms with E-state index in [0.717, 1.165) is 59.8 Å². The van der Waals surface area contributed by atoms with Gasteiger partial charge in [-0.1, -0.05) is 45.8 Å². The summed E-state index contributed by atoms with van der Waals surface area (Å²) in [5.74, 6) is 1.89. The number of aryl methyl sites for hydroxylation is 3. The predicted molar refractivity (Wildman–Crippen MR) is 132 cm³/mol. The Balaban J connectivity index is 1.55. The van der Waals surface area contributed by atoms with Gasteiger partial charge < -0.3 is 9.80 Å². The lowest BCUT2D eigenvalue weighted by atomic mass is 10.0. The van der Waals surface area contributed by atoms with E-state index in [1.54, 1.807) is 0 Å². The topological polar surface area (TPSA) is 49.3 Å². The van der Waals surface area contributed by atoms with Gasteiger partial charge in [0, 0.05) is 53.9 Å². The molecule has 1 fully saturated rings. The van der Waals surface area contributed by atoms with Crippen LogP contribution in [-0.2, 0) is 6.42 Å². The highest BCUT2D eigenvalue weighted by molar-refractivity contribution is 9.10. The Morgan fingerprint density at radius 1 is 0.906 bits per heavy atom. The quantitative estimate of drug-likeness (QED) is 0.507. The molecule has 1 aromatic heterocycles. The Labute approximate surface area is 198 Å². The summed E-state index contributed by atoms with van der Waals surface area (Å²) in [5, 5.41) is 0. The predicted octanol–water partition coefficient (Wildman–Crippen LogP) is 5.11. The number of carbonyl (C=O) groups excluding carboxylic acids is 1. The first-order valence-electron chi connectivity index (χ1n) is 11.1. The minimum absolute atomic E-state index is 0.0919. The number of rotatable bonds is 4. The Morgan fingerprint density at radius 3 is 2.34 bits per heavy atom. The Hall–Kier alpha value is -2.73. The van der Waals surface area contributed by atoms with Gasteiger partial charge in [-0.25, -0.2) is 9.97 Å². The molecule has 0 aliphatic carbocycles. The SMILES string of the molecule is Cc1ccc(Cc2c(C)nc(C)nc2N2CCCN(C(=O)c3ccc(Br)cc3)CC2)cc1. The number of benzene rings is 2. The van der Waals surface area contributed by atoms with Gasteiger partial charge in [-0.2, -0.15) is 0 Å². The van der Waals surface area contributed by atoms with Crippen molar-refractivity contribution in [3.8, 4) is 0 Å². The smallest absolute Gasteiger partial charge is 0.253 e. The minimum Gasteiger partial charge on any atom is -0.354 e. The van der Waals surface area contributed by atoms with Crippen LogP contribution in [0.4, 0.5) is 5.82 Å². The van der Waals surface area contributed by atoms with Crippen LogP contribution in [0.2, 0.25) is 0 Å². The molecule has 6 heteroatoms. The normalized spacial score (nSPS) is 14.4. The van der Waals surface area contributed by atoms with Crippen molar-refractivity contribution in [2.75, 3.05) is 31.1 Å². The summed E-state index contributed by atoms with van der Waals surface area (Å²) in [5.41, 5.74) is 5.45. The largest absolute Gasteiger partial charge is 0.354 e. The molecule has 2 aromatic carbocycles. The van der Waals surface area contributed by atoms with Crippen LogP contribution in [0.5, 0.6) is 0 Å². The zero-order chi connectivity index (χ0) is 22.7. The summed E-state index contributed by atoms with van der Waals surface area (Å²) >= 11 is 3.44.